The number of oxazole rings is 1. The minimum Gasteiger partial charge on any atom is -0.435 e. The lowest BCUT2D eigenvalue weighted by atomic mass is 9.98. The largest absolute Gasteiger partial charge is 0.435 e. The van der Waals surface area contributed by atoms with Gasteiger partial charge in [0, 0.05) is 44.1 Å². The molecule has 0 spiro atoms. The molecule has 0 fully saturated rings. The third-order valence-corrected chi connectivity index (χ3v) is 11.2. The zero-order valence-corrected chi connectivity index (χ0v) is 31.0. The fourth-order valence-corrected chi connectivity index (χ4v) is 8.50. The number of nitrogens with zero attached hydrogens (tertiary/aromatic N) is 5. The SMILES string of the molecule is c1ccc(-c2nc3cc(-c4nc(-c5ccc6ccccc6c5)nc(-c5ccc6ccccc6c5)n4)c4ccc5c(c6ccccc6n5-c5ccccc5)c4c3o2)cc1. The van der Waals surface area contributed by atoms with E-state index in [1.165, 1.54) is 0 Å². The molecule has 9 aromatic carbocycles. The molecule has 12 rings (SSSR count). The van der Waals surface area contributed by atoms with Crippen LogP contribution in [0.4, 0.5) is 0 Å². The molecule has 0 aliphatic heterocycles. The van der Waals surface area contributed by atoms with Gasteiger partial charge in [-0.2, -0.15) is 0 Å². The molecule has 6 nitrogen and oxygen atoms in total. The topological polar surface area (TPSA) is 69.6 Å². The molecular formula is C52H31N5O. The Morgan fingerprint density at radius 3 is 1.66 bits per heavy atom. The van der Waals surface area contributed by atoms with Gasteiger partial charge in [-0.25, -0.2) is 19.9 Å². The van der Waals surface area contributed by atoms with E-state index in [9.17, 15) is 0 Å². The molecule has 12 aromatic rings. The van der Waals surface area contributed by atoms with Crippen LogP contribution in [0.15, 0.2) is 192 Å². The standard InChI is InChI=1S/C52H31N5O/c1-3-15-34(16-4-1)52-53-43-31-42(40-27-28-45-46(47(40)48(43)58-52)41-21-11-12-22-44(41)57(45)39-19-5-2-6-20-39)51-55-49(37-25-23-32-13-7-9-17-35(32)29-37)54-50(56-51)38-26-24-33-14-8-10-18-36(33)30-38/h1-31H. The van der Waals surface area contributed by atoms with E-state index >= 15 is 0 Å². The number of aromatic nitrogens is 5. The van der Waals surface area contributed by atoms with Crippen molar-refractivity contribution in [1.82, 2.24) is 24.5 Å². The van der Waals surface area contributed by atoms with Gasteiger partial charge in [-0.05, 0) is 81.5 Å². The van der Waals surface area contributed by atoms with Crippen LogP contribution in [0.3, 0.4) is 0 Å². The monoisotopic (exact) mass is 741 g/mol. The first-order valence-electron chi connectivity index (χ1n) is 19.4. The van der Waals surface area contributed by atoms with Crippen molar-refractivity contribution in [3.63, 3.8) is 0 Å². The highest BCUT2D eigenvalue weighted by Crippen LogP contribution is 2.44. The predicted octanol–water partition coefficient (Wildman–Crippen LogP) is 13.2. The van der Waals surface area contributed by atoms with Gasteiger partial charge in [0.1, 0.15) is 5.52 Å². The van der Waals surface area contributed by atoms with Crippen LogP contribution in [0.2, 0.25) is 0 Å². The second kappa shape index (κ2) is 12.8. The zero-order chi connectivity index (χ0) is 38.2. The maximum atomic E-state index is 6.82. The molecule has 270 valence electrons. The van der Waals surface area contributed by atoms with Gasteiger partial charge in [0.15, 0.2) is 23.1 Å². The lowest BCUT2D eigenvalue weighted by Crippen LogP contribution is -2.01. The van der Waals surface area contributed by atoms with Gasteiger partial charge in [0.25, 0.3) is 0 Å². The third kappa shape index (κ3) is 5.12. The molecule has 0 unspecified atom stereocenters. The van der Waals surface area contributed by atoms with Gasteiger partial charge < -0.3 is 8.98 Å². The Balaban J connectivity index is 1.19. The smallest absolute Gasteiger partial charge is 0.227 e. The fraction of sp³-hybridized carbons (Fsp3) is 0. The summed E-state index contributed by atoms with van der Waals surface area (Å²) < 4.78 is 9.15. The van der Waals surface area contributed by atoms with Crippen molar-refractivity contribution in [3.05, 3.63) is 188 Å². The Hall–Kier alpha value is -7.96. The first-order valence-corrected chi connectivity index (χ1v) is 19.4. The van der Waals surface area contributed by atoms with Crippen LogP contribution in [0.25, 0.3) is 117 Å². The first-order chi connectivity index (χ1) is 28.7. The molecule has 0 atom stereocenters. The van der Waals surface area contributed by atoms with Crippen LogP contribution in [0.5, 0.6) is 0 Å². The Morgan fingerprint density at radius 1 is 0.379 bits per heavy atom. The van der Waals surface area contributed by atoms with Crippen LogP contribution < -0.4 is 0 Å². The van der Waals surface area contributed by atoms with Crippen LogP contribution in [0.1, 0.15) is 0 Å². The molecule has 0 amide bonds. The summed E-state index contributed by atoms with van der Waals surface area (Å²) in [7, 11) is 0. The normalized spacial score (nSPS) is 11.8. The predicted molar refractivity (Wildman–Crippen MR) is 236 cm³/mol. The Morgan fingerprint density at radius 2 is 0.966 bits per heavy atom. The summed E-state index contributed by atoms with van der Waals surface area (Å²) >= 11 is 0. The number of hydrogen-bond donors (Lipinski definition) is 0. The van der Waals surface area contributed by atoms with E-state index in [4.69, 9.17) is 24.4 Å². The summed E-state index contributed by atoms with van der Waals surface area (Å²) in [5.41, 5.74) is 8.29. The molecule has 58 heavy (non-hydrogen) atoms. The van der Waals surface area contributed by atoms with Crippen molar-refractivity contribution < 1.29 is 4.42 Å². The summed E-state index contributed by atoms with van der Waals surface area (Å²) in [4.78, 5) is 20.9. The Labute approximate surface area is 332 Å². The zero-order valence-electron chi connectivity index (χ0n) is 31.0. The van der Waals surface area contributed by atoms with Crippen LogP contribution >= 0.6 is 0 Å². The number of para-hydroxylation sites is 2. The number of fused-ring (bicyclic) bond motifs is 9. The third-order valence-electron chi connectivity index (χ3n) is 11.2. The maximum absolute atomic E-state index is 6.82. The van der Waals surface area contributed by atoms with E-state index in [1.807, 2.05) is 30.3 Å². The van der Waals surface area contributed by atoms with Crippen molar-refractivity contribution in [3.8, 4) is 51.3 Å². The molecule has 6 heteroatoms. The average molecular weight is 742 g/mol. The summed E-state index contributed by atoms with van der Waals surface area (Å²) in [5.74, 6) is 2.31. The van der Waals surface area contributed by atoms with E-state index in [0.29, 0.717) is 23.4 Å². The van der Waals surface area contributed by atoms with Gasteiger partial charge in [0.2, 0.25) is 5.89 Å². The molecule has 0 bridgehead atoms. The van der Waals surface area contributed by atoms with Crippen LogP contribution in [-0.2, 0) is 0 Å². The molecule has 0 aliphatic rings. The molecule has 0 saturated carbocycles. The molecular weight excluding hydrogens is 711 g/mol. The average Bonchev–Trinajstić information content (AvgIpc) is 3.89. The van der Waals surface area contributed by atoms with Gasteiger partial charge in [-0.3, -0.25) is 0 Å². The van der Waals surface area contributed by atoms with Crippen molar-refractivity contribution in [1.29, 1.82) is 0 Å². The lowest BCUT2D eigenvalue weighted by molar-refractivity contribution is 0.623. The van der Waals surface area contributed by atoms with Crippen molar-refractivity contribution >= 4 is 65.2 Å². The molecule has 0 N–H and O–H groups in total. The highest BCUT2D eigenvalue weighted by molar-refractivity contribution is 6.29. The quantitative estimate of drug-likeness (QED) is 0.176. The summed E-state index contributed by atoms with van der Waals surface area (Å²) in [6, 6.07) is 65.1. The van der Waals surface area contributed by atoms with Gasteiger partial charge in [0.05, 0.1) is 11.0 Å². The summed E-state index contributed by atoms with van der Waals surface area (Å²) in [6.45, 7) is 0. The van der Waals surface area contributed by atoms with E-state index < -0.39 is 0 Å². The number of benzene rings is 9. The van der Waals surface area contributed by atoms with Crippen LogP contribution in [-0.4, -0.2) is 24.5 Å². The van der Waals surface area contributed by atoms with Crippen molar-refractivity contribution in [2.45, 2.75) is 0 Å². The summed E-state index contributed by atoms with van der Waals surface area (Å²) in [5, 5.41) is 8.68. The van der Waals surface area contributed by atoms with E-state index in [2.05, 4.69) is 162 Å². The van der Waals surface area contributed by atoms with Gasteiger partial charge >= 0.3 is 0 Å². The highest BCUT2D eigenvalue weighted by atomic mass is 16.3. The van der Waals surface area contributed by atoms with Crippen molar-refractivity contribution in [2.75, 3.05) is 0 Å². The molecule has 3 aromatic heterocycles. The number of hydrogen-bond acceptors (Lipinski definition) is 5. The lowest BCUT2D eigenvalue weighted by Gasteiger charge is -2.12. The second-order valence-electron chi connectivity index (χ2n) is 14.7. The summed E-state index contributed by atoms with van der Waals surface area (Å²) in [6.07, 6.45) is 0. The Kier molecular flexibility index (Phi) is 7.13. The second-order valence-corrected chi connectivity index (χ2v) is 14.7. The molecule has 0 radical (unpaired) electrons. The highest BCUT2D eigenvalue weighted by Gasteiger charge is 2.24. The van der Waals surface area contributed by atoms with E-state index in [1.54, 1.807) is 0 Å². The van der Waals surface area contributed by atoms with Gasteiger partial charge in [-0.15, -0.1) is 0 Å². The minimum atomic E-state index is 0.558. The van der Waals surface area contributed by atoms with E-state index in [-0.39, 0.29) is 0 Å². The van der Waals surface area contributed by atoms with E-state index in [0.717, 1.165) is 93.2 Å². The number of rotatable bonds is 5. The van der Waals surface area contributed by atoms with Gasteiger partial charge in [-0.1, -0.05) is 133 Å². The maximum Gasteiger partial charge on any atom is 0.227 e. The molecule has 0 aliphatic carbocycles. The first kappa shape index (κ1) is 32.3. The fourth-order valence-electron chi connectivity index (χ4n) is 8.50. The van der Waals surface area contributed by atoms with Crippen LogP contribution in [0, 0.1) is 0 Å². The molecule has 0 saturated heterocycles. The Bertz CT molecular complexity index is 3470. The minimum absolute atomic E-state index is 0.558. The van der Waals surface area contributed by atoms with Crippen molar-refractivity contribution in [2.24, 2.45) is 0 Å². The molecule has 3 heterocycles.